The Bertz CT molecular complexity index is 592. The Morgan fingerprint density at radius 3 is 2.75 bits per heavy atom. The van der Waals surface area contributed by atoms with Gasteiger partial charge in [-0.15, -0.1) is 5.10 Å². The average Bonchev–Trinajstić information content (AvgIpc) is 2.91. The van der Waals surface area contributed by atoms with Crippen molar-refractivity contribution < 1.29 is 4.79 Å². The van der Waals surface area contributed by atoms with Crippen molar-refractivity contribution in [2.75, 3.05) is 19.8 Å². The van der Waals surface area contributed by atoms with E-state index in [1.165, 1.54) is 11.8 Å². The Morgan fingerprint density at radius 1 is 1.30 bits per heavy atom. The summed E-state index contributed by atoms with van der Waals surface area (Å²) in [6.07, 6.45) is 3.82. The van der Waals surface area contributed by atoms with Gasteiger partial charge in [0.1, 0.15) is 5.82 Å². The molecule has 5 nitrogen and oxygen atoms in total. The molecule has 6 heteroatoms. The summed E-state index contributed by atoms with van der Waals surface area (Å²) in [5, 5.41) is 7.48. The number of thioether (sulfide) groups is 1. The van der Waals surface area contributed by atoms with E-state index in [-0.39, 0.29) is 5.91 Å². The second-order valence-electron chi connectivity index (χ2n) is 4.32. The van der Waals surface area contributed by atoms with Crippen LogP contribution in [0.2, 0.25) is 0 Å². The lowest BCUT2D eigenvalue weighted by molar-refractivity contribution is -0.125. The van der Waals surface area contributed by atoms with Crippen LogP contribution in [0.15, 0.2) is 35.5 Å². The van der Waals surface area contributed by atoms with Crippen LogP contribution in [0.25, 0.3) is 12.2 Å². The molecule has 0 radical (unpaired) electrons. The highest BCUT2D eigenvalue weighted by Gasteiger charge is 2.07. The van der Waals surface area contributed by atoms with Gasteiger partial charge in [0.15, 0.2) is 0 Å². The zero-order chi connectivity index (χ0) is 14.4. The van der Waals surface area contributed by atoms with Crippen LogP contribution in [0.1, 0.15) is 11.4 Å². The van der Waals surface area contributed by atoms with Gasteiger partial charge in [0.05, 0.1) is 5.75 Å². The van der Waals surface area contributed by atoms with Crippen molar-refractivity contribution >= 4 is 29.8 Å². The molecule has 0 aliphatic rings. The van der Waals surface area contributed by atoms with Crippen LogP contribution < -0.4 is 0 Å². The number of nitrogens with zero attached hydrogens (tertiary/aromatic N) is 3. The molecule has 104 valence electrons. The van der Waals surface area contributed by atoms with E-state index < -0.39 is 0 Å². The second-order valence-corrected chi connectivity index (χ2v) is 5.27. The van der Waals surface area contributed by atoms with Gasteiger partial charge in [0.25, 0.3) is 0 Å². The van der Waals surface area contributed by atoms with Crippen LogP contribution in [0, 0.1) is 0 Å². The number of amides is 1. The lowest BCUT2D eigenvalue weighted by atomic mass is 10.2. The largest absolute Gasteiger partial charge is 0.348 e. The molecule has 20 heavy (non-hydrogen) atoms. The maximum atomic E-state index is 11.5. The zero-order valence-corrected chi connectivity index (χ0v) is 12.2. The van der Waals surface area contributed by atoms with E-state index in [0.717, 1.165) is 5.56 Å². The number of nitrogens with one attached hydrogen (secondary N) is 1. The quantitative estimate of drug-likeness (QED) is 0.856. The summed E-state index contributed by atoms with van der Waals surface area (Å²) >= 11 is 1.32. The molecule has 0 saturated heterocycles. The van der Waals surface area contributed by atoms with Crippen molar-refractivity contribution in [3.05, 3.63) is 41.7 Å². The maximum Gasteiger partial charge on any atom is 0.232 e. The smallest absolute Gasteiger partial charge is 0.232 e. The van der Waals surface area contributed by atoms with Gasteiger partial charge in [0.2, 0.25) is 11.1 Å². The average molecular weight is 288 g/mol. The first kappa shape index (κ1) is 14.3. The summed E-state index contributed by atoms with van der Waals surface area (Å²) in [5.41, 5.74) is 1.10. The van der Waals surface area contributed by atoms with Gasteiger partial charge in [-0.2, -0.15) is 0 Å². The topological polar surface area (TPSA) is 61.9 Å². The highest BCUT2D eigenvalue weighted by Crippen LogP contribution is 2.13. The van der Waals surface area contributed by atoms with E-state index >= 15 is 0 Å². The van der Waals surface area contributed by atoms with Crippen LogP contribution in [0.5, 0.6) is 0 Å². The molecule has 0 aliphatic carbocycles. The third-order valence-electron chi connectivity index (χ3n) is 2.54. The van der Waals surface area contributed by atoms with Crippen molar-refractivity contribution in [3.63, 3.8) is 0 Å². The maximum absolute atomic E-state index is 11.5. The van der Waals surface area contributed by atoms with E-state index in [4.69, 9.17) is 0 Å². The highest BCUT2D eigenvalue weighted by molar-refractivity contribution is 7.99. The molecule has 1 heterocycles. The Kier molecular flexibility index (Phi) is 4.95. The Balaban J connectivity index is 1.92. The monoisotopic (exact) mass is 288 g/mol. The minimum atomic E-state index is 0.0428. The number of benzene rings is 1. The molecule has 0 aliphatic heterocycles. The summed E-state index contributed by atoms with van der Waals surface area (Å²) in [4.78, 5) is 17.3. The number of carbonyl (C=O) groups is 1. The predicted molar refractivity (Wildman–Crippen MR) is 81.2 cm³/mol. The molecule has 1 aromatic heterocycles. The van der Waals surface area contributed by atoms with Gasteiger partial charge in [-0.3, -0.25) is 9.89 Å². The van der Waals surface area contributed by atoms with Crippen molar-refractivity contribution in [3.8, 4) is 0 Å². The van der Waals surface area contributed by atoms with E-state index in [1.807, 2.05) is 42.5 Å². The first-order valence-corrected chi connectivity index (χ1v) is 7.12. The predicted octanol–water partition coefficient (Wildman–Crippen LogP) is 2.16. The number of H-pyrrole nitrogens is 1. The Morgan fingerprint density at radius 2 is 2.05 bits per heavy atom. The third kappa shape index (κ3) is 4.24. The molecular formula is C14H16N4OS. The minimum absolute atomic E-state index is 0.0428. The lowest BCUT2D eigenvalue weighted by Crippen LogP contribution is -2.23. The fourth-order valence-corrected chi connectivity index (χ4v) is 2.18. The van der Waals surface area contributed by atoms with Crippen molar-refractivity contribution in [2.24, 2.45) is 0 Å². The number of rotatable bonds is 5. The van der Waals surface area contributed by atoms with Crippen LogP contribution >= 0.6 is 11.8 Å². The molecule has 1 N–H and O–H groups in total. The molecule has 0 bridgehead atoms. The summed E-state index contributed by atoms with van der Waals surface area (Å²) in [5.74, 6) is 1.06. The number of carbonyl (C=O) groups excluding carboxylic acids is 1. The highest BCUT2D eigenvalue weighted by atomic mass is 32.2. The molecule has 0 fully saturated rings. The first-order chi connectivity index (χ1) is 9.65. The van der Waals surface area contributed by atoms with Crippen LogP contribution in [0.4, 0.5) is 0 Å². The molecule has 2 aromatic rings. The molecular weight excluding hydrogens is 272 g/mol. The number of aromatic amines is 1. The third-order valence-corrected chi connectivity index (χ3v) is 3.37. The fourth-order valence-electron chi connectivity index (χ4n) is 1.39. The lowest BCUT2D eigenvalue weighted by Gasteiger charge is -2.07. The number of hydrogen-bond acceptors (Lipinski definition) is 4. The summed E-state index contributed by atoms with van der Waals surface area (Å²) in [6.45, 7) is 0. The van der Waals surface area contributed by atoms with Crippen molar-refractivity contribution in [1.29, 1.82) is 0 Å². The summed E-state index contributed by atoms with van der Waals surface area (Å²) in [7, 11) is 3.46. The van der Waals surface area contributed by atoms with E-state index in [1.54, 1.807) is 19.0 Å². The minimum Gasteiger partial charge on any atom is -0.348 e. The molecule has 0 spiro atoms. The summed E-state index contributed by atoms with van der Waals surface area (Å²) < 4.78 is 0. The molecule has 1 amide bonds. The van der Waals surface area contributed by atoms with Crippen molar-refractivity contribution in [2.45, 2.75) is 5.16 Å². The Hall–Kier alpha value is -2.08. The standard InChI is InChI=1S/C14H16N4OS/c1-18(2)13(19)10-20-14-15-12(16-17-14)9-8-11-6-4-3-5-7-11/h3-9H,10H2,1-2H3,(H,15,16,17)/b9-8+. The van der Waals surface area contributed by atoms with Crippen LogP contribution in [-0.4, -0.2) is 45.8 Å². The number of hydrogen-bond donors (Lipinski definition) is 1. The molecule has 0 atom stereocenters. The van der Waals surface area contributed by atoms with Crippen LogP contribution in [0.3, 0.4) is 0 Å². The van der Waals surface area contributed by atoms with Gasteiger partial charge in [0, 0.05) is 14.1 Å². The van der Waals surface area contributed by atoms with Gasteiger partial charge < -0.3 is 4.90 Å². The fraction of sp³-hybridized carbons (Fsp3) is 0.214. The van der Waals surface area contributed by atoms with Crippen LogP contribution in [-0.2, 0) is 4.79 Å². The van der Waals surface area contributed by atoms with Gasteiger partial charge in [-0.05, 0) is 11.6 Å². The normalized spacial score (nSPS) is 10.9. The SMILES string of the molecule is CN(C)C(=O)CSc1n[nH]c(/C=C/c2ccccc2)n1. The van der Waals surface area contributed by atoms with Gasteiger partial charge >= 0.3 is 0 Å². The number of aromatic nitrogens is 3. The van der Waals surface area contributed by atoms with Gasteiger partial charge in [-0.1, -0.05) is 48.2 Å². The molecule has 0 saturated carbocycles. The molecule has 2 rings (SSSR count). The van der Waals surface area contributed by atoms with Crippen molar-refractivity contribution in [1.82, 2.24) is 20.1 Å². The molecule has 0 unspecified atom stereocenters. The van der Waals surface area contributed by atoms with Gasteiger partial charge in [-0.25, -0.2) is 4.98 Å². The van der Waals surface area contributed by atoms with E-state index in [0.29, 0.717) is 16.7 Å². The zero-order valence-electron chi connectivity index (χ0n) is 11.4. The summed E-state index contributed by atoms with van der Waals surface area (Å²) in [6, 6.07) is 9.96. The second kappa shape index (κ2) is 6.91. The Labute approximate surface area is 122 Å². The van der Waals surface area contributed by atoms with E-state index in [9.17, 15) is 4.79 Å². The molecule has 1 aromatic carbocycles. The first-order valence-electron chi connectivity index (χ1n) is 6.13. The van der Waals surface area contributed by atoms with E-state index in [2.05, 4.69) is 15.2 Å².